The molecule has 0 radical (unpaired) electrons. The van der Waals surface area contributed by atoms with Crippen LogP contribution in [0.25, 0.3) is 0 Å². The first-order chi connectivity index (χ1) is 7.65. The molecular weight excluding hydrogens is 212 g/mol. The Morgan fingerprint density at radius 1 is 1.56 bits per heavy atom. The molecular formula is C10H12N2O4. The van der Waals surface area contributed by atoms with Gasteiger partial charge in [0.25, 0.3) is 0 Å². The number of carbonyl (C=O) groups is 2. The van der Waals surface area contributed by atoms with E-state index in [2.05, 4.69) is 10.3 Å². The number of nitrogens with one attached hydrogen (secondary N) is 2. The number of ether oxygens (including phenoxy) is 1. The van der Waals surface area contributed by atoms with Crippen molar-refractivity contribution >= 4 is 11.9 Å². The zero-order valence-corrected chi connectivity index (χ0v) is 8.53. The minimum Gasteiger partial charge on any atom is -0.480 e. The highest BCUT2D eigenvalue weighted by molar-refractivity contribution is 6.03. The standard InChI is InChI=1S/C10H12N2O4/c13-8(10(9(14)15)5-16-6-10)12-4-7-2-1-3-11-7/h1-3,11H,4-6H2,(H,12,13)(H,14,15). The van der Waals surface area contributed by atoms with E-state index in [1.807, 2.05) is 6.07 Å². The van der Waals surface area contributed by atoms with Crippen LogP contribution in [0, 0.1) is 5.41 Å². The largest absolute Gasteiger partial charge is 0.480 e. The van der Waals surface area contributed by atoms with Crippen molar-refractivity contribution < 1.29 is 19.4 Å². The average molecular weight is 224 g/mol. The van der Waals surface area contributed by atoms with Gasteiger partial charge in [-0.25, -0.2) is 0 Å². The Balaban J connectivity index is 1.95. The quantitative estimate of drug-likeness (QED) is 0.614. The Morgan fingerprint density at radius 3 is 2.75 bits per heavy atom. The second-order valence-corrected chi connectivity index (χ2v) is 3.76. The zero-order chi connectivity index (χ0) is 11.6. The molecule has 1 aliphatic heterocycles. The number of aromatic amines is 1. The number of H-pyrrole nitrogens is 1. The summed E-state index contributed by atoms with van der Waals surface area (Å²) in [4.78, 5) is 25.6. The maximum absolute atomic E-state index is 11.7. The first kappa shape index (κ1) is 10.7. The molecule has 0 aliphatic carbocycles. The Labute approximate surface area is 91.6 Å². The molecule has 1 amide bonds. The second-order valence-electron chi connectivity index (χ2n) is 3.76. The predicted octanol–water partition coefficient (Wildman–Crippen LogP) is -0.268. The van der Waals surface area contributed by atoms with Gasteiger partial charge in [0.1, 0.15) is 0 Å². The molecule has 2 heterocycles. The Bertz CT molecular complexity index is 395. The van der Waals surface area contributed by atoms with E-state index < -0.39 is 17.3 Å². The van der Waals surface area contributed by atoms with Crippen molar-refractivity contribution in [2.24, 2.45) is 5.41 Å². The maximum atomic E-state index is 11.7. The van der Waals surface area contributed by atoms with E-state index in [4.69, 9.17) is 9.84 Å². The fourth-order valence-corrected chi connectivity index (χ4v) is 1.48. The van der Waals surface area contributed by atoms with E-state index in [-0.39, 0.29) is 13.2 Å². The van der Waals surface area contributed by atoms with E-state index in [1.165, 1.54) is 0 Å². The summed E-state index contributed by atoms with van der Waals surface area (Å²) >= 11 is 0. The highest BCUT2D eigenvalue weighted by atomic mass is 16.5. The van der Waals surface area contributed by atoms with Gasteiger partial charge in [-0.2, -0.15) is 0 Å². The third kappa shape index (κ3) is 1.67. The second kappa shape index (κ2) is 3.97. The van der Waals surface area contributed by atoms with Crippen LogP contribution >= 0.6 is 0 Å². The maximum Gasteiger partial charge on any atom is 0.324 e. The van der Waals surface area contributed by atoms with Crippen LogP contribution in [0.5, 0.6) is 0 Å². The molecule has 1 fully saturated rings. The zero-order valence-electron chi connectivity index (χ0n) is 8.53. The van der Waals surface area contributed by atoms with E-state index in [9.17, 15) is 9.59 Å². The molecule has 0 bridgehead atoms. The Kier molecular flexibility index (Phi) is 2.66. The minimum absolute atomic E-state index is 0.0567. The van der Waals surface area contributed by atoms with Crippen LogP contribution in [0.2, 0.25) is 0 Å². The lowest BCUT2D eigenvalue weighted by atomic mass is 9.85. The number of carbonyl (C=O) groups excluding carboxylic acids is 1. The van der Waals surface area contributed by atoms with Gasteiger partial charge < -0.3 is 20.1 Å². The molecule has 0 saturated carbocycles. The number of aliphatic carboxylic acids is 1. The molecule has 6 heteroatoms. The van der Waals surface area contributed by atoms with Crippen LogP contribution in [0.1, 0.15) is 5.69 Å². The summed E-state index contributed by atoms with van der Waals surface area (Å²) in [6.07, 6.45) is 1.74. The summed E-state index contributed by atoms with van der Waals surface area (Å²) in [6.45, 7) is 0.179. The van der Waals surface area contributed by atoms with Crippen molar-refractivity contribution in [1.82, 2.24) is 10.3 Å². The van der Waals surface area contributed by atoms with Gasteiger partial charge in [0, 0.05) is 11.9 Å². The number of carboxylic acid groups (broad SMARTS) is 1. The van der Waals surface area contributed by atoms with Crippen molar-refractivity contribution in [3.05, 3.63) is 24.0 Å². The third-order valence-electron chi connectivity index (χ3n) is 2.64. The summed E-state index contributed by atoms with van der Waals surface area (Å²) < 4.78 is 4.81. The molecule has 3 N–H and O–H groups in total. The van der Waals surface area contributed by atoms with Crippen LogP contribution in [-0.2, 0) is 20.9 Å². The first-order valence-electron chi connectivity index (χ1n) is 4.87. The average Bonchev–Trinajstić information content (AvgIpc) is 2.64. The lowest BCUT2D eigenvalue weighted by Crippen LogP contribution is -2.58. The van der Waals surface area contributed by atoms with Crippen molar-refractivity contribution in [2.75, 3.05) is 13.2 Å². The number of amides is 1. The lowest BCUT2D eigenvalue weighted by Gasteiger charge is -2.35. The van der Waals surface area contributed by atoms with Gasteiger partial charge in [0.15, 0.2) is 5.41 Å². The van der Waals surface area contributed by atoms with Gasteiger partial charge in [-0.05, 0) is 12.1 Å². The van der Waals surface area contributed by atoms with Crippen LogP contribution in [0.4, 0.5) is 0 Å². The van der Waals surface area contributed by atoms with Crippen molar-refractivity contribution in [1.29, 1.82) is 0 Å². The van der Waals surface area contributed by atoms with Crippen LogP contribution in [-0.4, -0.2) is 35.2 Å². The van der Waals surface area contributed by atoms with Gasteiger partial charge in [0.05, 0.1) is 19.8 Å². The number of carboxylic acids is 1. The molecule has 1 aliphatic rings. The molecule has 16 heavy (non-hydrogen) atoms. The van der Waals surface area contributed by atoms with E-state index in [0.717, 1.165) is 5.69 Å². The summed E-state index contributed by atoms with van der Waals surface area (Å²) in [5, 5.41) is 11.5. The monoisotopic (exact) mass is 224 g/mol. The molecule has 1 aromatic heterocycles. The topological polar surface area (TPSA) is 91.4 Å². The van der Waals surface area contributed by atoms with Gasteiger partial charge in [0.2, 0.25) is 5.91 Å². The van der Waals surface area contributed by atoms with Gasteiger partial charge in [-0.15, -0.1) is 0 Å². The van der Waals surface area contributed by atoms with Crippen molar-refractivity contribution in [3.8, 4) is 0 Å². The molecule has 0 spiro atoms. The van der Waals surface area contributed by atoms with Crippen LogP contribution in [0.15, 0.2) is 18.3 Å². The van der Waals surface area contributed by atoms with E-state index in [1.54, 1.807) is 12.3 Å². The summed E-state index contributed by atoms with van der Waals surface area (Å²) in [5.74, 6) is -1.64. The van der Waals surface area contributed by atoms with Crippen molar-refractivity contribution in [3.63, 3.8) is 0 Å². The number of aromatic nitrogens is 1. The normalized spacial score (nSPS) is 17.5. The Hall–Kier alpha value is -1.82. The summed E-state index contributed by atoms with van der Waals surface area (Å²) in [6, 6.07) is 3.62. The molecule has 0 atom stereocenters. The number of hydrogen-bond acceptors (Lipinski definition) is 3. The fourth-order valence-electron chi connectivity index (χ4n) is 1.48. The number of rotatable bonds is 4. The Morgan fingerprint density at radius 2 is 2.31 bits per heavy atom. The van der Waals surface area contributed by atoms with Gasteiger partial charge in [-0.3, -0.25) is 9.59 Å². The molecule has 0 aromatic carbocycles. The minimum atomic E-state index is -1.40. The predicted molar refractivity (Wildman–Crippen MR) is 53.5 cm³/mol. The fraction of sp³-hybridized carbons (Fsp3) is 0.400. The molecule has 86 valence electrons. The highest BCUT2D eigenvalue weighted by Gasteiger charge is 2.53. The lowest BCUT2D eigenvalue weighted by molar-refractivity contribution is -0.185. The summed E-state index contributed by atoms with van der Waals surface area (Å²) in [5.41, 5.74) is -0.568. The van der Waals surface area contributed by atoms with Gasteiger partial charge >= 0.3 is 5.97 Å². The van der Waals surface area contributed by atoms with Crippen LogP contribution in [0.3, 0.4) is 0 Å². The van der Waals surface area contributed by atoms with Crippen molar-refractivity contribution in [2.45, 2.75) is 6.54 Å². The van der Waals surface area contributed by atoms with Gasteiger partial charge in [-0.1, -0.05) is 0 Å². The molecule has 1 saturated heterocycles. The molecule has 0 unspecified atom stereocenters. The summed E-state index contributed by atoms with van der Waals surface area (Å²) in [7, 11) is 0. The van der Waals surface area contributed by atoms with E-state index in [0.29, 0.717) is 6.54 Å². The van der Waals surface area contributed by atoms with Crippen LogP contribution < -0.4 is 5.32 Å². The first-order valence-corrected chi connectivity index (χ1v) is 4.87. The third-order valence-corrected chi connectivity index (χ3v) is 2.64. The van der Waals surface area contributed by atoms with E-state index >= 15 is 0 Å². The SMILES string of the molecule is O=C(O)C1(C(=O)NCc2ccc[nH]2)COC1. The highest BCUT2D eigenvalue weighted by Crippen LogP contribution is 2.28. The molecule has 1 aromatic rings. The molecule has 2 rings (SSSR count). The molecule has 6 nitrogen and oxygen atoms in total. The number of hydrogen-bond donors (Lipinski definition) is 3. The smallest absolute Gasteiger partial charge is 0.324 e.